The highest BCUT2D eigenvalue weighted by Gasteiger charge is 2.12. The average molecular weight is 241 g/mol. The van der Waals surface area contributed by atoms with Gasteiger partial charge in [-0.25, -0.2) is 0 Å². The van der Waals surface area contributed by atoms with Crippen LogP contribution in [-0.4, -0.2) is 10.1 Å². The van der Waals surface area contributed by atoms with Gasteiger partial charge in [-0.3, -0.25) is 0 Å². The molecule has 18 heavy (non-hydrogen) atoms. The molecule has 0 N–H and O–H groups in total. The fourth-order valence-electron chi connectivity index (χ4n) is 1.59. The van der Waals surface area contributed by atoms with E-state index < -0.39 is 0 Å². The maximum Gasteiger partial charge on any atom is 0.231 e. The summed E-state index contributed by atoms with van der Waals surface area (Å²) in [7, 11) is 0. The Labute approximate surface area is 106 Å². The van der Waals surface area contributed by atoms with Crippen LogP contribution in [0.5, 0.6) is 0 Å². The highest BCUT2D eigenvalue weighted by Crippen LogP contribution is 2.16. The van der Waals surface area contributed by atoms with Gasteiger partial charge in [-0.1, -0.05) is 31.1 Å². The van der Waals surface area contributed by atoms with E-state index >= 15 is 0 Å². The van der Waals surface area contributed by atoms with E-state index in [1.165, 1.54) is 0 Å². The van der Waals surface area contributed by atoms with Crippen LogP contribution in [0.3, 0.4) is 0 Å². The molecule has 1 atom stereocenters. The van der Waals surface area contributed by atoms with Crippen LogP contribution in [0, 0.1) is 11.3 Å². The molecule has 0 saturated heterocycles. The molecule has 1 aromatic carbocycles. The quantitative estimate of drug-likeness (QED) is 0.825. The van der Waals surface area contributed by atoms with Gasteiger partial charge >= 0.3 is 0 Å². The van der Waals surface area contributed by atoms with E-state index in [-0.39, 0.29) is 0 Å². The number of nitriles is 1. The zero-order chi connectivity index (χ0) is 13.0. The van der Waals surface area contributed by atoms with Crippen molar-refractivity contribution < 1.29 is 4.52 Å². The standard InChI is InChI=1S/C14H15N3O/c1-3-10(2)14-16-13(18-17-14)8-11-4-6-12(9-15)7-5-11/h4-7,10H,3,8H2,1-2H3. The van der Waals surface area contributed by atoms with Crippen molar-refractivity contribution in [3.05, 3.63) is 47.1 Å². The van der Waals surface area contributed by atoms with Crippen LogP contribution in [0.25, 0.3) is 0 Å². The monoisotopic (exact) mass is 241 g/mol. The Hall–Kier alpha value is -2.15. The molecule has 2 rings (SSSR count). The molecule has 92 valence electrons. The summed E-state index contributed by atoms with van der Waals surface area (Å²) in [6.45, 7) is 4.18. The third kappa shape index (κ3) is 2.75. The predicted octanol–water partition coefficient (Wildman–Crippen LogP) is 3.05. The molecule has 4 nitrogen and oxygen atoms in total. The summed E-state index contributed by atoms with van der Waals surface area (Å²) in [6, 6.07) is 9.50. The van der Waals surface area contributed by atoms with Crippen molar-refractivity contribution in [2.45, 2.75) is 32.6 Å². The maximum atomic E-state index is 8.72. The van der Waals surface area contributed by atoms with E-state index in [0.717, 1.165) is 17.8 Å². The Morgan fingerprint density at radius 1 is 1.33 bits per heavy atom. The summed E-state index contributed by atoms with van der Waals surface area (Å²) in [5, 5.41) is 12.7. The molecule has 0 fully saturated rings. The first-order valence-corrected chi connectivity index (χ1v) is 6.04. The SMILES string of the molecule is CCC(C)c1noc(Cc2ccc(C#N)cc2)n1. The number of nitrogens with zero attached hydrogens (tertiary/aromatic N) is 3. The zero-order valence-corrected chi connectivity index (χ0v) is 10.6. The van der Waals surface area contributed by atoms with Gasteiger partial charge in [0.1, 0.15) is 0 Å². The van der Waals surface area contributed by atoms with Crippen LogP contribution in [0.15, 0.2) is 28.8 Å². The van der Waals surface area contributed by atoms with Crippen LogP contribution in [-0.2, 0) is 6.42 Å². The summed E-state index contributed by atoms with van der Waals surface area (Å²) in [5.41, 5.74) is 1.72. The van der Waals surface area contributed by atoms with Gasteiger partial charge in [0, 0.05) is 5.92 Å². The first kappa shape index (κ1) is 12.3. The Morgan fingerprint density at radius 3 is 2.67 bits per heavy atom. The average Bonchev–Trinajstić information content (AvgIpc) is 2.87. The largest absolute Gasteiger partial charge is 0.339 e. The van der Waals surface area contributed by atoms with Crippen molar-refractivity contribution in [1.82, 2.24) is 10.1 Å². The van der Waals surface area contributed by atoms with Crippen LogP contribution >= 0.6 is 0 Å². The molecule has 2 aromatic rings. The van der Waals surface area contributed by atoms with Crippen molar-refractivity contribution in [3.63, 3.8) is 0 Å². The second-order valence-electron chi connectivity index (χ2n) is 4.34. The van der Waals surface area contributed by atoms with Gasteiger partial charge in [0.05, 0.1) is 18.1 Å². The van der Waals surface area contributed by atoms with E-state index in [2.05, 4.69) is 30.1 Å². The third-order valence-corrected chi connectivity index (χ3v) is 2.98. The van der Waals surface area contributed by atoms with E-state index in [9.17, 15) is 0 Å². The summed E-state index contributed by atoms with van der Waals surface area (Å²) in [4.78, 5) is 4.38. The molecule has 0 aliphatic rings. The lowest BCUT2D eigenvalue weighted by atomic mass is 10.1. The lowest BCUT2D eigenvalue weighted by Crippen LogP contribution is -1.95. The molecular weight excluding hydrogens is 226 g/mol. The molecule has 0 saturated carbocycles. The second kappa shape index (κ2) is 5.46. The van der Waals surface area contributed by atoms with E-state index in [1.54, 1.807) is 12.1 Å². The Morgan fingerprint density at radius 2 is 2.06 bits per heavy atom. The summed E-state index contributed by atoms with van der Waals surface area (Å²) < 4.78 is 5.22. The molecule has 0 aliphatic heterocycles. The van der Waals surface area contributed by atoms with Crippen molar-refractivity contribution >= 4 is 0 Å². The molecule has 4 heteroatoms. The maximum absolute atomic E-state index is 8.72. The number of benzene rings is 1. The van der Waals surface area contributed by atoms with E-state index in [4.69, 9.17) is 9.78 Å². The smallest absolute Gasteiger partial charge is 0.231 e. The van der Waals surface area contributed by atoms with Crippen LogP contribution < -0.4 is 0 Å². The van der Waals surface area contributed by atoms with Crippen LogP contribution in [0.4, 0.5) is 0 Å². The minimum absolute atomic E-state index is 0.323. The second-order valence-corrected chi connectivity index (χ2v) is 4.34. The molecule has 1 aromatic heterocycles. The molecule has 0 radical (unpaired) electrons. The summed E-state index contributed by atoms with van der Waals surface area (Å²) >= 11 is 0. The van der Waals surface area contributed by atoms with Gasteiger partial charge in [0.2, 0.25) is 5.89 Å². The van der Waals surface area contributed by atoms with Crippen LogP contribution in [0.2, 0.25) is 0 Å². The normalized spacial score (nSPS) is 12.1. The highest BCUT2D eigenvalue weighted by molar-refractivity contribution is 5.32. The van der Waals surface area contributed by atoms with Gasteiger partial charge in [0.25, 0.3) is 0 Å². The van der Waals surface area contributed by atoms with Gasteiger partial charge < -0.3 is 4.52 Å². The van der Waals surface area contributed by atoms with Gasteiger partial charge in [0.15, 0.2) is 5.82 Å². The van der Waals surface area contributed by atoms with Crippen LogP contribution in [0.1, 0.15) is 49.0 Å². The molecule has 0 bridgehead atoms. The van der Waals surface area contributed by atoms with Gasteiger partial charge in [-0.15, -0.1) is 0 Å². The fraction of sp³-hybridized carbons (Fsp3) is 0.357. The first-order chi connectivity index (χ1) is 8.72. The zero-order valence-electron chi connectivity index (χ0n) is 10.6. The van der Waals surface area contributed by atoms with Crippen molar-refractivity contribution in [2.75, 3.05) is 0 Å². The minimum atomic E-state index is 0.323. The lowest BCUT2D eigenvalue weighted by Gasteiger charge is -1.99. The molecule has 1 unspecified atom stereocenters. The Balaban J connectivity index is 2.09. The third-order valence-electron chi connectivity index (χ3n) is 2.98. The van der Waals surface area contributed by atoms with Crippen molar-refractivity contribution in [1.29, 1.82) is 5.26 Å². The summed E-state index contributed by atoms with van der Waals surface area (Å²) in [5.74, 6) is 1.71. The van der Waals surface area contributed by atoms with Gasteiger partial charge in [-0.05, 0) is 24.1 Å². The molecule has 0 amide bonds. The van der Waals surface area contributed by atoms with Crippen molar-refractivity contribution in [3.8, 4) is 6.07 Å². The van der Waals surface area contributed by atoms with Gasteiger partial charge in [-0.2, -0.15) is 10.2 Å². The van der Waals surface area contributed by atoms with E-state index in [0.29, 0.717) is 23.8 Å². The molecular formula is C14H15N3O. The minimum Gasteiger partial charge on any atom is -0.339 e. The predicted molar refractivity (Wildman–Crippen MR) is 67.0 cm³/mol. The fourth-order valence-corrected chi connectivity index (χ4v) is 1.59. The first-order valence-electron chi connectivity index (χ1n) is 6.04. The lowest BCUT2D eigenvalue weighted by molar-refractivity contribution is 0.376. The number of hydrogen-bond acceptors (Lipinski definition) is 4. The van der Waals surface area contributed by atoms with E-state index in [1.807, 2.05) is 12.1 Å². The summed E-state index contributed by atoms with van der Waals surface area (Å²) in [6.07, 6.45) is 1.60. The molecule has 0 spiro atoms. The molecule has 1 heterocycles. The Kier molecular flexibility index (Phi) is 3.73. The topological polar surface area (TPSA) is 62.7 Å². The molecule has 0 aliphatic carbocycles. The highest BCUT2D eigenvalue weighted by atomic mass is 16.5. The number of aromatic nitrogens is 2. The number of hydrogen-bond donors (Lipinski definition) is 0. The van der Waals surface area contributed by atoms with Crippen molar-refractivity contribution in [2.24, 2.45) is 0 Å². The number of rotatable bonds is 4. The Bertz CT molecular complexity index is 551.